The minimum Gasteiger partial charge on any atom is -0.465 e. The third-order valence-electron chi connectivity index (χ3n) is 3.91. The SMILES string of the molecule is CCOC(=O)C(c1c(C(=O)OC)[nH]c2ccccc12)C1OC(C)O1. The zero-order valence-corrected chi connectivity index (χ0v) is 13.7. The number of rotatable bonds is 5. The van der Waals surface area contributed by atoms with Gasteiger partial charge in [0.15, 0.2) is 12.6 Å². The van der Waals surface area contributed by atoms with Gasteiger partial charge in [0.05, 0.1) is 13.7 Å². The standard InChI is InChI=1S/C17H19NO6/c1-4-22-15(19)13(17-23-9(2)24-17)12-10-7-5-6-8-11(10)18-14(12)16(20)21-3/h5-9,13,17-18H,4H2,1-3H3. The third-order valence-corrected chi connectivity index (χ3v) is 3.91. The number of methoxy groups -OCH3 is 1. The van der Waals surface area contributed by atoms with E-state index < -0.39 is 30.4 Å². The molecule has 0 aliphatic carbocycles. The molecule has 128 valence electrons. The summed E-state index contributed by atoms with van der Waals surface area (Å²) < 4.78 is 21.1. The number of hydrogen-bond acceptors (Lipinski definition) is 6. The minimum absolute atomic E-state index is 0.198. The predicted molar refractivity (Wildman–Crippen MR) is 84.4 cm³/mol. The number of para-hydroxylation sites is 1. The first-order valence-electron chi connectivity index (χ1n) is 7.73. The van der Waals surface area contributed by atoms with E-state index in [9.17, 15) is 9.59 Å². The van der Waals surface area contributed by atoms with Gasteiger partial charge in [-0.25, -0.2) is 4.79 Å². The Kier molecular flexibility index (Phi) is 4.55. The normalized spacial score (nSPS) is 21.1. The highest BCUT2D eigenvalue weighted by Crippen LogP contribution is 2.38. The second-order valence-electron chi connectivity index (χ2n) is 5.39. The number of ether oxygens (including phenoxy) is 4. The highest BCUT2D eigenvalue weighted by molar-refractivity contribution is 6.01. The lowest BCUT2D eigenvalue weighted by atomic mass is 9.94. The van der Waals surface area contributed by atoms with E-state index in [2.05, 4.69) is 4.98 Å². The molecule has 1 N–H and O–H groups in total. The van der Waals surface area contributed by atoms with Crippen molar-refractivity contribution in [2.45, 2.75) is 32.3 Å². The van der Waals surface area contributed by atoms with Crippen LogP contribution in [0.4, 0.5) is 0 Å². The van der Waals surface area contributed by atoms with Crippen LogP contribution in [0.2, 0.25) is 0 Å². The van der Waals surface area contributed by atoms with Crippen molar-refractivity contribution in [2.24, 2.45) is 0 Å². The average Bonchev–Trinajstić information content (AvgIpc) is 2.92. The second kappa shape index (κ2) is 6.62. The Labute approximate surface area is 138 Å². The topological polar surface area (TPSA) is 86.9 Å². The Bertz CT molecular complexity index is 762. The number of carbonyl (C=O) groups is 2. The number of fused-ring (bicyclic) bond motifs is 1. The summed E-state index contributed by atoms with van der Waals surface area (Å²) in [7, 11) is 1.29. The van der Waals surface area contributed by atoms with Crippen molar-refractivity contribution in [1.82, 2.24) is 4.98 Å². The van der Waals surface area contributed by atoms with Gasteiger partial charge in [0.25, 0.3) is 0 Å². The number of esters is 2. The maximum atomic E-state index is 12.5. The molecule has 7 nitrogen and oxygen atoms in total. The van der Waals surface area contributed by atoms with Gasteiger partial charge in [0.1, 0.15) is 11.6 Å². The maximum Gasteiger partial charge on any atom is 0.354 e. The van der Waals surface area contributed by atoms with Gasteiger partial charge in [-0.1, -0.05) is 18.2 Å². The van der Waals surface area contributed by atoms with E-state index in [1.807, 2.05) is 24.3 Å². The molecule has 1 aromatic carbocycles. The number of H-pyrrole nitrogens is 1. The quantitative estimate of drug-likeness (QED) is 0.845. The molecule has 0 bridgehead atoms. The number of aromatic amines is 1. The number of nitrogens with one attached hydrogen (secondary N) is 1. The molecule has 2 heterocycles. The lowest BCUT2D eigenvalue weighted by Gasteiger charge is -2.37. The monoisotopic (exact) mass is 333 g/mol. The number of hydrogen-bond donors (Lipinski definition) is 1. The Hall–Kier alpha value is -2.38. The summed E-state index contributed by atoms with van der Waals surface area (Å²) in [5, 5.41) is 0.725. The van der Waals surface area contributed by atoms with Gasteiger partial charge >= 0.3 is 11.9 Å². The van der Waals surface area contributed by atoms with E-state index >= 15 is 0 Å². The van der Waals surface area contributed by atoms with Crippen LogP contribution >= 0.6 is 0 Å². The van der Waals surface area contributed by atoms with Gasteiger partial charge in [0.2, 0.25) is 0 Å². The van der Waals surface area contributed by atoms with Crippen LogP contribution in [0.3, 0.4) is 0 Å². The van der Waals surface area contributed by atoms with Gasteiger partial charge in [-0.05, 0) is 19.9 Å². The summed E-state index contributed by atoms with van der Waals surface area (Å²) in [6.45, 7) is 3.67. The highest BCUT2D eigenvalue weighted by atomic mass is 16.9. The van der Waals surface area contributed by atoms with Crippen molar-refractivity contribution in [3.05, 3.63) is 35.5 Å². The molecule has 1 saturated heterocycles. The van der Waals surface area contributed by atoms with Crippen LogP contribution in [0.5, 0.6) is 0 Å². The van der Waals surface area contributed by atoms with E-state index in [0.717, 1.165) is 10.9 Å². The second-order valence-corrected chi connectivity index (χ2v) is 5.39. The molecule has 1 fully saturated rings. The maximum absolute atomic E-state index is 12.5. The van der Waals surface area contributed by atoms with E-state index in [1.54, 1.807) is 13.8 Å². The van der Waals surface area contributed by atoms with Crippen LogP contribution in [0, 0.1) is 0 Å². The summed E-state index contributed by atoms with van der Waals surface area (Å²) in [6.07, 6.45) is -1.21. The van der Waals surface area contributed by atoms with Crippen molar-refractivity contribution in [3.63, 3.8) is 0 Å². The van der Waals surface area contributed by atoms with Crippen LogP contribution in [0.1, 0.15) is 35.8 Å². The Morgan fingerprint density at radius 2 is 2.00 bits per heavy atom. The molecule has 0 saturated carbocycles. The molecule has 1 aliphatic rings. The first-order valence-corrected chi connectivity index (χ1v) is 7.73. The summed E-state index contributed by atoms with van der Waals surface area (Å²) in [6, 6.07) is 7.30. The molecule has 24 heavy (non-hydrogen) atoms. The zero-order chi connectivity index (χ0) is 17.3. The first-order chi connectivity index (χ1) is 11.6. The van der Waals surface area contributed by atoms with Crippen molar-refractivity contribution in [1.29, 1.82) is 0 Å². The molecule has 0 spiro atoms. The summed E-state index contributed by atoms with van der Waals surface area (Å²) in [4.78, 5) is 27.7. The van der Waals surface area contributed by atoms with Gasteiger partial charge in [-0.2, -0.15) is 0 Å². The molecule has 3 rings (SSSR count). The Morgan fingerprint density at radius 3 is 2.62 bits per heavy atom. The molecule has 1 atom stereocenters. The fraction of sp³-hybridized carbons (Fsp3) is 0.412. The van der Waals surface area contributed by atoms with Crippen molar-refractivity contribution in [3.8, 4) is 0 Å². The van der Waals surface area contributed by atoms with E-state index in [-0.39, 0.29) is 12.3 Å². The molecule has 1 aliphatic heterocycles. The van der Waals surface area contributed by atoms with E-state index in [1.165, 1.54) is 7.11 Å². The van der Waals surface area contributed by atoms with Crippen LogP contribution < -0.4 is 0 Å². The van der Waals surface area contributed by atoms with Crippen LogP contribution in [0.25, 0.3) is 10.9 Å². The fourth-order valence-electron chi connectivity index (χ4n) is 2.89. The van der Waals surface area contributed by atoms with Crippen LogP contribution in [0.15, 0.2) is 24.3 Å². The molecule has 1 aromatic heterocycles. The van der Waals surface area contributed by atoms with Gasteiger partial charge < -0.3 is 23.9 Å². The van der Waals surface area contributed by atoms with Crippen LogP contribution in [-0.4, -0.2) is 43.2 Å². The van der Waals surface area contributed by atoms with Crippen molar-refractivity contribution in [2.75, 3.05) is 13.7 Å². The molecule has 0 amide bonds. The average molecular weight is 333 g/mol. The smallest absolute Gasteiger partial charge is 0.354 e. The number of benzene rings is 1. The van der Waals surface area contributed by atoms with Crippen molar-refractivity contribution >= 4 is 22.8 Å². The number of carbonyl (C=O) groups excluding carboxylic acids is 2. The highest BCUT2D eigenvalue weighted by Gasteiger charge is 2.44. The largest absolute Gasteiger partial charge is 0.465 e. The summed E-state index contributed by atoms with van der Waals surface area (Å²) in [5.74, 6) is -1.96. The lowest BCUT2D eigenvalue weighted by molar-refractivity contribution is -0.380. The fourth-order valence-corrected chi connectivity index (χ4v) is 2.89. The van der Waals surface area contributed by atoms with Crippen molar-refractivity contribution < 1.29 is 28.5 Å². The van der Waals surface area contributed by atoms with Gasteiger partial charge in [-0.15, -0.1) is 0 Å². The third kappa shape index (κ3) is 2.76. The summed E-state index contributed by atoms with van der Waals surface area (Å²) >= 11 is 0. The Balaban J connectivity index is 2.15. The molecular formula is C17H19NO6. The van der Waals surface area contributed by atoms with Crippen LogP contribution in [-0.2, 0) is 23.7 Å². The molecule has 7 heteroatoms. The minimum atomic E-state index is -0.883. The van der Waals surface area contributed by atoms with E-state index in [0.29, 0.717) is 5.56 Å². The predicted octanol–water partition coefficient (Wildman–Crippen LogP) is 2.32. The molecular weight excluding hydrogens is 314 g/mol. The number of aromatic nitrogens is 1. The Morgan fingerprint density at radius 1 is 1.29 bits per heavy atom. The summed E-state index contributed by atoms with van der Waals surface area (Å²) in [5.41, 5.74) is 1.38. The first kappa shape index (κ1) is 16.5. The van der Waals surface area contributed by atoms with Gasteiger partial charge in [0, 0.05) is 16.5 Å². The van der Waals surface area contributed by atoms with E-state index in [4.69, 9.17) is 18.9 Å². The molecule has 0 radical (unpaired) electrons. The molecule has 1 unspecified atom stereocenters. The molecule has 2 aromatic rings. The zero-order valence-electron chi connectivity index (χ0n) is 13.7. The lowest BCUT2D eigenvalue weighted by Crippen LogP contribution is -2.46. The van der Waals surface area contributed by atoms with Gasteiger partial charge in [-0.3, -0.25) is 4.79 Å².